The predicted octanol–water partition coefficient (Wildman–Crippen LogP) is 2.36. The molecule has 1 heterocycles. The van der Waals surface area contributed by atoms with E-state index < -0.39 is 29.9 Å². The van der Waals surface area contributed by atoms with Crippen LogP contribution in [0.4, 0.5) is 4.79 Å². The van der Waals surface area contributed by atoms with Gasteiger partial charge in [0.1, 0.15) is 5.75 Å². The van der Waals surface area contributed by atoms with Crippen LogP contribution < -0.4 is 30.3 Å². The van der Waals surface area contributed by atoms with Gasteiger partial charge in [-0.3, -0.25) is 4.79 Å². The Morgan fingerprint density at radius 3 is 2.51 bits per heavy atom. The SMILES string of the molecule is CCOC(=O)COc1cccc(/C=N/NC(=O)COc2ccc([C@@H]3NC(=O)NC(C)=C3C(=O)OCC)cc2OC)c1. The number of ether oxygens (including phenoxy) is 5. The molecule has 2 aromatic rings. The van der Waals surface area contributed by atoms with E-state index in [1.165, 1.54) is 13.3 Å². The zero-order valence-electron chi connectivity index (χ0n) is 23.1. The lowest BCUT2D eigenvalue weighted by Crippen LogP contribution is -2.45. The van der Waals surface area contributed by atoms with Crippen LogP contribution in [-0.4, -0.2) is 63.6 Å². The molecule has 0 fully saturated rings. The van der Waals surface area contributed by atoms with Crippen LogP contribution in [0.2, 0.25) is 0 Å². The Morgan fingerprint density at radius 1 is 1.00 bits per heavy atom. The summed E-state index contributed by atoms with van der Waals surface area (Å²) < 4.78 is 26.4. The molecule has 0 unspecified atom stereocenters. The maximum atomic E-state index is 12.6. The zero-order valence-corrected chi connectivity index (χ0v) is 23.1. The Labute approximate surface area is 236 Å². The van der Waals surface area contributed by atoms with Gasteiger partial charge in [-0.25, -0.2) is 19.8 Å². The number of allylic oxidation sites excluding steroid dienone is 1. The number of carbonyl (C=O) groups excluding carboxylic acids is 4. The van der Waals surface area contributed by atoms with Crippen LogP contribution in [0.15, 0.2) is 58.8 Å². The van der Waals surface area contributed by atoms with E-state index in [1.807, 2.05) is 0 Å². The van der Waals surface area contributed by atoms with E-state index in [0.29, 0.717) is 22.6 Å². The molecule has 0 aromatic heterocycles. The van der Waals surface area contributed by atoms with Gasteiger partial charge in [0.15, 0.2) is 24.7 Å². The number of benzene rings is 2. The van der Waals surface area contributed by atoms with Crippen LogP contribution in [-0.2, 0) is 23.9 Å². The molecular weight excluding hydrogens is 536 g/mol. The largest absolute Gasteiger partial charge is 0.493 e. The summed E-state index contributed by atoms with van der Waals surface area (Å²) in [6, 6.07) is 10.3. The molecule has 3 amide bonds. The molecule has 2 aromatic carbocycles. The molecule has 41 heavy (non-hydrogen) atoms. The summed E-state index contributed by atoms with van der Waals surface area (Å²) in [5.74, 6) is -0.578. The van der Waals surface area contributed by atoms with Crippen molar-refractivity contribution < 1.29 is 42.9 Å². The van der Waals surface area contributed by atoms with Crippen molar-refractivity contribution in [2.45, 2.75) is 26.8 Å². The number of hydrogen-bond donors (Lipinski definition) is 3. The third-order valence-electron chi connectivity index (χ3n) is 5.57. The van der Waals surface area contributed by atoms with Crippen molar-refractivity contribution in [3.63, 3.8) is 0 Å². The topological polar surface area (TPSA) is 163 Å². The van der Waals surface area contributed by atoms with Gasteiger partial charge in [-0.1, -0.05) is 18.2 Å². The van der Waals surface area contributed by atoms with Gasteiger partial charge in [-0.2, -0.15) is 5.10 Å². The number of rotatable bonds is 13. The maximum Gasteiger partial charge on any atom is 0.344 e. The fraction of sp³-hybridized carbons (Fsp3) is 0.321. The fourth-order valence-corrected chi connectivity index (χ4v) is 3.79. The highest BCUT2D eigenvalue weighted by atomic mass is 16.6. The minimum absolute atomic E-state index is 0.177. The molecule has 13 heteroatoms. The van der Waals surface area contributed by atoms with Crippen molar-refractivity contribution in [2.24, 2.45) is 5.10 Å². The van der Waals surface area contributed by atoms with Crippen LogP contribution >= 0.6 is 0 Å². The monoisotopic (exact) mass is 568 g/mol. The maximum absolute atomic E-state index is 12.6. The number of carbonyl (C=O) groups is 4. The van der Waals surface area contributed by atoms with E-state index in [-0.39, 0.29) is 43.5 Å². The third kappa shape index (κ3) is 8.71. The van der Waals surface area contributed by atoms with Crippen LogP contribution in [0.3, 0.4) is 0 Å². The van der Waals surface area contributed by atoms with E-state index in [4.69, 9.17) is 23.7 Å². The number of urea groups is 1. The first-order valence-corrected chi connectivity index (χ1v) is 12.7. The first-order valence-electron chi connectivity index (χ1n) is 12.7. The second kappa shape index (κ2) is 14.9. The summed E-state index contributed by atoms with van der Waals surface area (Å²) in [5.41, 5.74) is 4.18. The lowest BCUT2D eigenvalue weighted by Gasteiger charge is -2.28. The second-order valence-electron chi connectivity index (χ2n) is 8.45. The van der Waals surface area contributed by atoms with E-state index in [2.05, 4.69) is 21.2 Å². The van der Waals surface area contributed by atoms with Crippen molar-refractivity contribution in [2.75, 3.05) is 33.5 Å². The standard InChI is InChI=1S/C28H32N4O9/c1-5-38-24(34)16-40-20-9-7-8-18(12-20)14-29-32-23(33)15-41-21-11-10-19(13-22(21)37-4)26-25(27(35)39-6-2)17(3)30-28(36)31-26/h7-14,26H,5-6,15-16H2,1-4H3,(H,32,33)(H2,30,31,36)/b29-14+/t26-/m0/s1. The highest BCUT2D eigenvalue weighted by Gasteiger charge is 2.32. The van der Waals surface area contributed by atoms with Crippen molar-refractivity contribution in [3.8, 4) is 17.2 Å². The Morgan fingerprint density at radius 2 is 1.78 bits per heavy atom. The van der Waals surface area contributed by atoms with Crippen LogP contribution in [0.1, 0.15) is 37.9 Å². The van der Waals surface area contributed by atoms with Crippen LogP contribution in [0, 0.1) is 0 Å². The van der Waals surface area contributed by atoms with Crippen molar-refractivity contribution >= 4 is 30.1 Å². The summed E-state index contributed by atoms with van der Waals surface area (Å²) in [5, 5.41) is 9.21. The van der Waals surface area contributed by atoms with Crippen LogP contribution in [0.25, 0.3) is 0 Å². The third-order valence-corrected chi connectivity index (χ3v) is 5.57. The quantitative estimate of drug-likeness (QED) is 0.187. The number of methoxy groups -OCH3 is 1. The number of esters is 2. The number of nitrogens with one attached hydrogen (secondary N) is 3. The normalized spacial score (nSPS) is 14.5. The van der Waals surface area contributed by atoms with Crippen molar-refractivity contribution in [1.29, 1.82) is 0 Å². The van der Waals surface area contributed by atoms with E-state index in [9.17, 15) is 19.2 Å². The summed E-state index contributed by atoms with van der Waals surface area (Å²) in [7, 11) is 1.43. The molecule has 1 aliphatic heterocycles. The lowest BCUT2D eigenvalue weighted by molar-refractivity contribution is -0.145. The second-order valence-corrected chi connectivity index (χ2v) is 8.45. The van der Waals surface area contributed by atoms with Crippen LogP contribution in [0.5, 0.6) is 17.2 Å². The average Bonchev–Trinajstić information content (AvgIpc) is 2.95. The zero-order chi connectivity index (χ0) is 29.8. The van der Waals surface area contributed by atoms with Gasteiger partial charge in [0.2, 0.25) is 0 Å². The first-order chi connectivity index (χ1) is 19.7. The number of amides is 3. The number of nitrogens with zero attached hydrogens (tertiary/aromatic N) is 1. The number of hydrazone groups is 1. The highest BCUT2D eigenvalue weighted by molar-refractivity contribution is 5.95. The Balaban J connectivity index is 1.60. The van der Waals surface area contributed by atoms with E-state index in [1.54, 1.807) is 63.2 Å². The molecule has 0 aliphatic carbocycles. The molecule has 0 saturated heterocycles. The summed E-state index contributed by atoms with van der Waals surface area (Å²) >= 11 is 0. The van der Waals surface area contributed by atoms with Gasteiger partial charge >= 0.3 is 18.0 Å². The molecule has 0 bridgehead atoms. The summed E-state index contributed by atoms with van der Waals surface area (Å²) in [4.78, 5) is 48.4. The summed E-state index contributed by atoms with van der Waals surface area (Å²) in [6.07, 6.45) is 1.41. The van der Waals surface area contributed by atoms with Gasteiger partial charge in [-0.05, 0) is 56.2 Å². The Hall–Kier alpha value is -5.07. The van der Waals surface area contributed by atoms with Gasteiger partial charge < -0.3 is 34.3 Å². The predicted molar refractivity (Wildman–Crippen MR) is 147 cm³/mol. The molecule has 218 valence electrons. The Kier molecular flexibility index (Phi) is 11.1. The molecule has 1 aliphatic rings. The molecule has 1 atom stereocenters. The number of hydrogen-bond acceptors (Lipinski definition) is 10. The smallest absolute Gasteiger partial charge is 0.344 e. The van der Waals surface area contributed by atoms with Gasteiger partial charge in [0, 0.05) is 5.70 Å². The molecule has 0 saturated carbocycles. The highest BCUT2D eigenvalue weighted by Crippen LogP contribution is 2.34. The molecule has 0 spiro atoms. The molecular formula is C28H32N4O9. The van der Waals surface area contributed by atoms with Gasteiger partial charge in [0.05, 0.1) is 38.2 Å². The lowest BCUT2D eigenvalue weighted by atomic mass is 9.95. The van der Waals surface area contributed by atoms with Crippen molar-refractivity contribution in [1.82, 2.24) is 16.1 Å². The summed E-state index contributed by atoms with van der Waals surface area (Å²) in [6.45, 7) is 4.87. The minimum atomic E-state index is -0.780. The Bertz CT molecular complexity index is 1340. The van der Waals surface area contributed by atoms with Gasteiger partial charge in [-0.15, -0.1) is 0 Å². The first kappa shape index (κ1) is 30.5. The van der Waals surface area contributed by atoms with Crippen molar-refractivity contribution in [3.05, 3.63) is 64.9 Å². The molecule has 0 radical (unpaired) electrons. The van der Waals surface area contributed by atoms with Gasteiger partial charge in [0.25, 0.3) is 5.91 Å². The minimum Gasteiger partial charge on any atom is -0.493 e. The van der Waals surface area contributed by atoms with E-state index in [0.717, 1.165) is 0 Å². The average molecular weight is 569 g/mol. The fourth-order valence-electron chi connectivity index (χ4n) is 3.79. The van der Waals surface area contributed by atoms with E-state index >= 15 is 0 Å². The molecule has 3 rings (SSSR count). The molecule has 13 nitrogen and oxygen atoms in total. The molecule has 3 N–H and O–H groups in total.